The summed E-state index contributed by atoms with van der Waals surface area (Å²) >= 11 is 0. The summed E-state index contributed by atoms with van der Waals surface area (Å²) in [5.74, 6) is 2.44. The second-order valence-electron chi connectivity index (χ2n) is 7.76. The fourth-order valence-corrected chi connectivity index (χ4v) is 4.44. The maximum atomic E-state index is 6.47. The van der Waals surface area contributed by atoms with Crippen molar-refractivity contribution in [1.82, 2.24) is 15.6 Å². The van der Waals surface area contributed by atoms with E-state index in [-0.39, 0.29) is 35.6 Å². The van der Waals surface area contributed by atoms with Crippen molar-refractivity contribution in [3.63, 3.8) is 0 Å². The summed E-state index contributed by atoms with van der Waals surface area (Å²) in [6.07, 6.45) is 7.44. The summed E-state index contributed by atoms with van der Waals surface area (Å²) in [6, 6.07) is 12.5. The number of pyridine rings is 1. The molecule has 2 heterocycles. The first-order valence-corrected chi connectivity index (χ1v) is 10.5. The van der Waals surface area contributed by atoms with Crippen molar-refractivity contribution < 1.29 is 9.47 Å². The first kappa shape index (κ1) is 22.7. The lowest BCUT2D eigenvalue weighted by atomic mass is 9.86. The highest BCUT2D eigenvalue weighted by Crippen LogP contribution is 2.46. The van der Waals surface area contributed by atoms with Gasteiger partial charge in [0.25, 0.3) is 0 Å². The van der Waals surface area contributed by atoms with Crippen molar-refractivity contribution in [2.45, 2.75) is 57.2 Å². The molecule has 1 aromatic carbocycles. The molecule has 7 heteroatoms. The number of ether oxygens (including phenoxy) is 2. The van der Waals surface area contributed by atoms with Crippen LogP contribution in [0.1, 0.15) is 56.2 Å². The van der Waals surface area contributed by atoms with E-state index in [2.05, 4.69) is 44.9 Å². The first-order valence-electron chi connectivity index (χ1n) is 10.5. The lowest BCUT2D eigenvalue weighted by Gasteiger charge is -2.40. The Morgan fingerprint density at radius 2 is 2.03 bits per heavy atom. The van der Waals surface area contributed by atoms with Gasteiger partial charge in [0.1, 0.15) is 11.4 Å². The standard InChI is InChI=1S/C23H30N4O2.HI/c1-3-28-21-17(9-8-14-25-21)16-26-22(24-2)27-19-15-23(12-6-7-13-23)29-20-11-5-4-10-18(19)20;/h4-5,8-11,14,19H,3,6-7,12-13,15-16H2,1-2H3,(H2,24,26,27);1H. The van der Waals surface area contributed by atoms with E-state index in [1.54, 1.807) is 13.2 Å². The monoisotopic (exact) mass is 522 g/mol. The van der Waals surface area contributed by atoms with E-state index in [0.717, 1.165) is 36.5 Å². The number of hydrogen-bond acceptors (Lipinski definition) is 4. The summed E-state index contributed by atoms with van der Waals surface area (Å²) in [5, 5.41) is 7.05. The molecule has 2 aromatic rings. The minimum absolute atomic E-state index is 0. The lowest BCUT2D eigenvalue weighted by Crippen LogP contribution is -2.46. The molecule has 0 amide bonds. The predicted molar refractivity (Wildman–Crippen MR) is 130 cm³/mol. The van der Waals surface area contributed by atoms with Crippen LogP contribution in [-0.4, -0.2) is 30.2 Å². The third-order valence-corrected chi connectivity index (χ3v) is 5.82. The van der Waals surface area contributed by atoms with Crippen LogP contribution < -0.4 is 20.1 Å². The van der Waals surface area contributed by atoms with Crippen molar-refractivity contribution in [2.24, 2.45) is 4.99 Å². The number of para-hydroxylation sites is 1. The van der Waals surface area contributed by atoms with E-state index < -0.39 is 0 Å². The average Bonchev–Trinajstić information content (AvgIpc) is 3.19. The van der Waals surface area contributed by atoms with Gasteiger partial charge in [-0.05, 0) is 44.7 Å². The van der Waals surface area contributed by atoms with E-state index in [0.29, 0.717) is 19.0 Å². The predicted octanol–water partition coefficient (Wildman–Crippen LogP) is 4.60. The number of fused-ring (bicyclic) bond motifs is 1. The molecule has 30 heavy (non-hydrogen) atoms. The molecule has 1 unspecified atom stereocenters. The fraction of sp³-hybridized carbons (Fsp3) is 0.478. The van der Waals surface area contributed by atoms with Gasteiger partial charge in [0.2, 0.25) is 5.88 Å². The molecule has 162 valence electrons. The third kappa shape index (κ3) is 4.99. The van der Waals surface area contributed by atoms with Crippen molar-refractivity contribution in [3.05, 3.63) is 53.7 Å². The third-order valence-electron chi connectivity index (χ3n) is 5.82. The number of benzene rings is 1. The van der Waals surface area contributed by atoms with E-state index in [1.807, 2.05) is 19.1 Å². The maximum absolute atomic E-state index is 6.47. The van der Waals surface area contributed by atoms with Crippen LogP contribution in [0.25, 0.3) is 0 Å². The molecule has 1 aliphatic heterocycles. The second kappa shape index (κ2) is 10.3. The van der Waals surface area contributed by atoms with E-state index in [4.69, 9.17) is 9.47 Å². The Kier molecular flexibility index (Phi) is 7.80. The fourth-order valence-electron chi connectivity index (χ4n) is 4.44. The highest BCUT2D eigenvalue weighted by Gasteiger charge is 2.43. The van der Waals surface area contributed by atoms with Crippen molar-refractivity contribution >= 4 is 29.9 Å². The molecule has 1 aliphatic carbocycles. The Morgan fingerprint density at radius 3 is 2.80 bits per heavy atom. The number of rotatable bonds is 5. The van der Waals surface area contributed by atoms with Gasteiger partial charge >= 0.3 is 0 Å². The number of nitrogens with zero attached hydrogens (tertiary/aromatic N) is 2. The molecule has 0 bridgehead atoms. The molecular weight excluding hydrogens is 491 g/mol. The van der Waals surface area contributed by atoms with Crippen molar-refractivity contribution in [1.29, 1.82) is 0 Å². The van der Waals surface area contributed by atoms with Crippen molar-refractivity contribution in [3.8, 4) is 11.6 Å². The summed E-state index contributed by atoms with van der Waals surface area (Å²) in [4.78, 5) is 8.78. The molecule has 2 N–H and O–H groups in total. The molecule has 6 nitrogen and oxygen atoms in total. The molecule has 1 atom stereocenters. The van der Waals surface area contributed by atoms with Crippen LogP contribution in [0.5, 0.6) is 11.6 Å². The largest absolute Gasteiger partial charge is 0.487 e. The minimum Gasteiger partial charge on any atom is -0.487 e. The number of nitrogens with one attached hydrogen (secondary N) is 2. The van der Waals surface area contributed by atoms with Gasteiger partial charge in [0, 0.05) is 37.3 Å². The van der Waals surface area contributed by atoms with E-state index in [9.17, 15) is 0 Å². The van der Waals surface area contributed by atoms with Crippen LogP contribution in [0.2, 0.25) is 0 Å². The average molecular weight is 522 g/mol. The van der Waals surface area contributed by atoms with Crippen LogP contribution in [-0.2, 0) is 6.54 Å². The highest BCUT2D eigenvalue weighted by atomic mass is 127. The van der Waals surface area contributed by atoms with Crippen molar-refractivity contribution in [2.75, 3.05) is 13.7 Å². The van der Waals surface area contributed by atoms with Crippen LogP contribution >= 0.6 is 24.0 Å². The number of aromatic nitrogens is 1. The molecular formula is C23H31IN4O2. The molecule has 1 aromatic heterocycles. The molecule has 1 fully saturated rings. The van der Waals surface area contributed by atoms with Gasteiger partial charge in [-0.1, -0.05) is 24.3 Å². The molecule has 1 spiro atoms. The zero-order chi connectivity index (χ0) is 20.1. The topological polar surface area (TPSA) is 67.8 Å². The van der Waals surface area contributed by atoms with Gasteiger partial charge in [0.15, 0.2) is 5.96 Å². The Balaban J connectivity index is 0.00000256. The molecule has 1 saturated carbocycles. The zero-order valence-electron chi connectivity index (χ0n) is 17.7. The summed E-state index contributed by atoms with van der Waals surface area (Å²) < 4.78 is 12.1. The van der Waals surface area contributed by atoms with Crippen LogP contribution in [0.15, 0.2) is 47.6 Å². The SMILES string of the molecule is CCOc1ncccc1CNC(=NC)NC1CC2(CCCC2)Oc2ccccc21.I. The van der Waals surface area contributed by atoms with Gasteiger partial charge < -0.3 is 20.1 Å². The first-order chi connectivity index (χ1) is 14.2. The maximum Gasteiger partial charge on any atom is 0.218 e. The van der Waals surface area contributed by atoms with E-state index >= 15 is 0 Å². The van der Waals surface area contributed by atoms with Gasteiger partial charge in [-0.2, -0.15) is 0 Å². The van der Waals surface area contributed by atoms with Crippen LogP contribution in [0.3, 0.4) is 0 Å². The second-order valence-corrected chi connectivity index (χ2v) is 7.76. The Morgan fingerprint density at radius 1 is 1.23 bits per heavy atom. The molecule has 0 radical (unpaired) electrons. The highest BCUT2D eigenvalue weighted by molar-refractivity contribution is 14.0. The van der Waals surface area contributed by atoms with Crippen LogP contribution in [0, 0.1) is 0 Å². The summed E-state index contributed by atoms with van der Waals surface area (Å²) in [7, 11) is 1.80. The summed E-state index contributed by atoms with van der Waals surface area (Å²) in [5.41, 5.74) is 2.16. The van der Waals surface area contributed by atoms with Gasteiger partial charge in [-0.25, -0.2) is 4.98 Å². The van der Waals surface area contributed by atoms with Gasteiger partial charge in [0.05, 0.1) is 12.6 Å². The Bertz CT molecular complexity index is 868. The number of halogens is 1. The quantitative estimate of drug-likeness (QED) is 0.342. The zero-order valence-corrected chi connectivity index (χ0v) is 20.0. The smallest absolute Gasteiger partial charge is 0.218 e. The Hall–Kier alpha value is -2.03. The normalized spacial score (nSPS) is 19.4. The molecule has 2 aliphatic rings. The minimum atomic E-state index is -0.0453. The molecule has 4 rings (SSSR count). The van der Waals surface area contributed by atoms with Gasteiger partial charge in [-0.15, -0.1) is 24.0 Å². The molecule has 0 saturated heterocycles. The van der Waals surface area contributed by atoms with Gasteiger partial charge in [-0.3, -0.25) is 4.99 Å². The number of aliphatic imine (C=N–C) groups is 1. The summed E-state index contributed by atoms with van der Waals surface area (Å²) in [6.45, 7) is 3.16. The number of guanidine groups is 1. The number of hydrogen-bond donors (Lipinski definition) is 2. The van der Waals surface area contributed by atoms with E-state index in [1.165, 1.54) is 18.4 Å². The van der Waals surface area contributed by atoms with Crippen LogP contribution in [0.4, 0.5) is 0 Å². The lowest BCUT2D eigenvalue weighted by molar-refractivity contribution is 0.0396. The Labute approximate surface area is 195 Å².